The van der Waals surface area contributed by atoms with E-state index in [1.807, 2.05) is 36.4 Å². The van der Waals surface area contributed by atoms with Gasteiger partial charge in [-0.2, -0.15) is 0 Å². The summed E-state index contributed by atoms with van der Waals surface area (Å²) in [6, 6.07) is 15.6. The van der Waals surface area contributed by atoms with Crippen LogP contribution < -0.4 is 0 Å². The van der Waals surface area contributed by atoms with Crippen molar-refractivity contribution >= 4 is 17.5 Å². The molecule has 0 bridgehead atoms. The molecule has 0 aromatic heterocycles. The predicted molar refractivity (Wildman–Crippen MR) is 72.5 cm³/mol. The zero-order chi connectivity index (χ0) is 12.8. The first-order valence-corrected chi connectivity index (χ1v) is 6.71. The highest BCUT2D eigenvalue weighted by Gasteiger charge is 2.05. The lowest BCUT2D eigenvalue weighted by Gasteiger charge is -2.02. The number of halogens is 1. The first kappa shape index (κ1) is 12.8. The van der Waals surface area contributed by atoms with Crippen LogP contribution in [0.4, 0.5) is 4.39 Å². The minimum absolute atomic E-state index is 0.125. The summed E-state index contributed by atoms with van der Waals surface area (Å²) < 4.78 is 12.9. The number of hydrogen-bond acceptors (Lipinski definition) is 2. The molecule has 0 N–H and O–H groups in total. The smallest absolute Gasteiger partial charge is 0.163 e. The van der Waals surface area contributed by atoms with E-state index in [0.29, 0.717) is 12.2 Å². The first-order chi connectivity index (χ1) is 8.75. The molecule has 0 radical (unpaired) electrons. The lowest BCUT2D eigenvalue weighted by atomic mass is 10.1. The highest BCUT2D eigenvalue weighted by atomic mass is 32.2. The average molecular weight is 260 g/mol. The number of Topliss-reactive ketones (excluding diaryl/α,β-unsaturated/α-hetero) is 1. The number of rotatable bonds is 5. The minimum Gasteiger partial charge on any atom is -0.294 e. The van der Waals surface area contributed by atoms with Crippen molar-refractivity contribution < 1.29 is 9.18 Å². The van der Waals surface area contributed by atoms with Crippen molar-refractivity contribution in [2.45, 2.75) is 11.3 Å². The van der Waals surface area contributed by atoms with Gasteiger partial charge in [-0.25, -0.2) is 4.39 Å². The van der Waals surface area contributed by atoms with Crippen LogP contribution in [0.5, 0.6) is 0 Å². The lowest BCUT2D eigenvalue weighted by Crippen LogP contribution is -1.99. The third-order valence-corrected chi connectivity index (χ3v) is 3.49. The van der Waals surface area contributed by atoms with E-state index in [1.54, 1.807) is 6.07 Å². The summed E-state index contributed by atoms with van der Waals surface area (Å²) in [6.07, 6.45) is 0.463. The Labute approximate surface area is 110 Å². The van der Waals surface area contributed by atoms with Crippen LogP contribution in [0, 0.1) is 5.82 Å². The SMILES string of the molecule is O=C(CCSc1cccc(F)c1)c1ccccc1. The van der Waals surface area contributed by atoms with E-state index < -0.39 is 0 Å². The van der Waals surface area contributed by atoms with Gasteiger partial charge in [-0.15, -0.1) is 11.8 Å². The molecule has 0 unspecified atom stereocenters. The number of thioether (sulfide) groups is 1. The van der Waals surface area contributed by atoms with Crippen molar-refractivity contribution in [1.82, 2.24) is 0 Å². The van der Waals surface area contributed by atoms with Crippen molar-refractivity contribution in [3.05, 3.63) is 66.0 Å². The van der Waals surface area contributed by atoms with Gasteiger partial charge in [0.05, 0.1) is 0 Å². The summed E-state index contributed by atoms with van der Waals surface area (Å²) in [5, 5.41) is 0. The topological polar surface area (TPSA) is 17.1 Å². The van der Waals surface area contributed by atoms with Crippen LogP contribution in [0.3, 0.4) is 0 Å². The maximum atomic E-state index is 12.9. The molecule has 1 nitrogen and oxygen atoms in total. The van der Waals surface area contributed by atoms with Crippen LogP contribution in [-0.2, 0) is 0 Å². The third kappa shape index (κ3) is 3.70. The number of benzene rings is 2. The highest BCUT2D eigenvalue weighted by Crippen LogP contribution is 2.20. The van der Waals surface area contributed by atoms with Gasteiger partial charge in [0.25, 0.3) is 0 Å². The van der Waals surface area contributed by atoms with Gasteiger partial charge >= 0.3 is 0 Å². The quantitative estimate of drug-likeness (QED) is 0.592. The fraction of sp³-hybridized carbons (Fsp3) is 0.133. The van der Waals surface area contributed by atoms with Crippen LogP contribution in [0.25, 0.3) is 0 Å². The predicted octanol–water partition coefficient (Wildman–Crippen LogP) is 4.19. The molecular formula is C15H13FOS. The zero-order valence-corrected chi connectivity index (χ0v) is 10.6. The summed E-state index contributed by atoms with van der Waals surface area (Å²) in [4.78, 5) is 12.7. The van der Waals surface area contributed by atoms with Crippen molar-refractivity contribution in [1.29, 1.82) is 0 Å². The Kier molecular flexibility index (Phi) is 4.53. The summed E-state index contributed by atoms with van der Waals surface area (Å²) in [6.45, 7) is 0. The Morgan fingerprint density at radius 1 is 1.06 bits per heavy atom. The maximum absolute atomic E-state index is 12.9. The van der Waals surface area contributed by atoms with Gasteiger partial charge < -0.3 is 0 Å². The number of ketones is 1. The fourth-order valence-electron chi connectivity index (χ4n) is 1.59. The lowest BCUT2D eigenvalue weighted by molar-refractivity contribution is 0.0989. The second-order valence-electron chi connectivity index (χ2n) is 3.85. The molecular weight excluding hydrogens is 247 g/mol. The molecule has 0 heterocycles. The average Bonchev–Trinajstić information content (AvgIpc) is 2.40. The minimum atomic E-state index is -0.241. The molecule has 0 aliphatic rings. The van der Waals surface area contributed by atoms with Crippen molar-refractivity contribution in [2.24, 2.45) is 0 Å². The van der Waals surface area contributed by atoms with Gasteiger partial charge in [0.15, 0.2) is 5.78 Å². The third-order valence-electron chi connectivity index (χ3n) is 2.49. The molecule has 92 valence electrons. The molecule has 0 atom stereocenters. The van der Waals surface area contributed by atoms with E-state index in [-0.39, 0.29) is 11.6 Å². The van der Waals surface area contributed by atoms with Gasteiger partial charge in [0.1, 0.15) is 5.82 Å². The second kappa shape index (κ2) is 6.36. The molecule has 0 spiro atoms. The molecule has 0 saturated carbocycles. The van der Waals surface area contributed by atoms with E-state index in [1.165, 1.54) is 23.9 Å². The highest BCUT2D eigenvalue weighted by molar-refractivity contribution is 7.99. The van der Waals surface area contributed by atoms with E-state index in [0.717, 1.165) is 10.5 Å². The van der Waals surface area contributed by atoms with Crippen molar-refractivity contribution in [3.8, 4) is 0 Å². The number of carbonyl (C=O) groups is 1. The van der Waals surface area contributed by atoms with Gasteiger partial charge in [-0.3, -0.25) is 4.79 Å². The summed E-state index contributed by atoms with van der Waals surface area (Å²) in [7, 11) is 0. The van der Waals surface area contributed by atoms with Crippen molar-refractivity contribution in [3.63, 3.8) is 0 Å². The Hall–Kier alpha value is -1.61. The van der Waals surface area contributed by atoms with Crippen LogP contribution in [0.15, 0.2) is 59.5 Å². The van der Waals surface area contributed by atoms with E-state index >= 15 is 0 Å². The van der Waals surface area contributed by atoms with Crippen LogP contribution in [0.2, 0.25) is 0 Å². The molecule has 0 aliphatic carbocycles. The Morgan fingerprint density at radius 2 is 1.83 bits per heavy atom. The standard InChI is InChI=1S/C15H13FOS/c16-13-7-4-8-14(11-13)18-10-9-15(17)12-5-2-1-3-6-12/h1-8,11H,9-10H2. The Bertz CT molecular complexity index is 525. The van der Waals surface area contributed by atoms with Crippen LogP contribution in [0.1, 0.15) is 16.8 Å². The van der Waals surface area contributed by atoms with Crippen LogP contribution >= 0.6 is 11.8 Å². The molecule has 3 heteroatoms. The van der Waals surface area contributed by atoms with E-state index in [2.05, 4.69) is 0 Å². The summed E-state index contributed by atoms with van der Waals surface area (Å²) in [5.74, 6) is 0.547. The Morgan fingerprint density at radius 3 is 2.56 bits per heavy atom. The normalized spacial score (nSPS) is 10.3. The number of hydrogen-bond donors (Lipinski definition) is 0. The summed E-state index contributed by atoms with van der Waals surface area (Å²) >= 11 is 1.50. The molecule has 2 rings (SSSR count). The van der Waals surface area contributed by atoms with Gasteiger partial charge in [0, 0.05) is 22.6 Å². The van der Waals surface area contributed by atoms with E-state index in [4.69, 9.17) is 0 Å². The molecule has 18 heavy (non-hydrogen) atoms. The first-order valence-electron chi connectivity index (χ1n) is 5.72. The Balaban J connectivity index is 1.84. The van der Waals surface area contributed by atoms with Crippen LogP contribution in [-0.4, -0.2) is 11.5 Å². The molecule has 0 saturated heterocycles. The van der Waals surface area contributed by atoms with Gasteiger partial charge in [-0.1, -0.05) is 36.4 Å². The fourth-order valence-corrected chi connectivity index (χ4v) is 2.48. The molecule has 2 aromatic rings. The van der Waals surface area contributed by atoms with E-state index in [9.17, 15) is 9.18 Å². The molecule has 0 aliphatic heterocycles. The molecule has 2 aromatic carbocycles. The summed E-state index contributed by atoms with van der Waals surface area (Å²) in [5.41, 5.74) is 0.734. The monoisotopic (exact) mass is 260 g/mol. The number of carbonyl (C=O) groups excluding carboxylic acids is 1. The maximum Gasteiger partial charge on any atom is 0.163 e. The van der Waals surface area contributed by atoms with Gasteiger partial charge in [-0.05, 0) is 18.2 Å². The molecule has 0 amide bonds. The van der Waals surface area contributed by atoms with Gasteiger partial charge in [0.2, 0.25) is 0 Å². The zero-order valence-electron chi connectivity index (χ0n) is 9.80. The molecule has 0 fully saturated rings. The second-order valence-corrected chi connectivity index (χ2v) is 5.01. The van der Waals surface area contributed by atoms with Crippen molar-refractivity contribution in [2.75, 3.05) is 5.75 Å². The largest absolute Gasteiger partial charge is 0.294 e.